The number of aliphatic hydroxyl groups is 1. The number of unbranched alkanes of at least 4 members (excludes halogenated alkanes) is 2. The number of allylic oxidation sites excluding steroid dienone is 1. The van der Waals surface area contributed by atoms with Crippen LogP contribution in [0.25, 0.3) is 0 Å². The van der Waals surface area contributed by atoms with Crippen molar-refractivity contribution in [3.63, 3.8) is 0 Å². The molecule has 66 valence electrons. The van der Waals surface area contributed by atoms with Gasteiger partial charge in [0.1, 0.15) is 0 Å². The Morgan fingerprint density at radius 1 is 1.36 bits per heavy atom. The van der Waals surface area contributed by atoms with Gasteiger partial charge in [-0.3, -0.25) is 0 Å². The van der Waals surface area contributed by atoms with Crippen LogP contribution in [0.1, 0.15) is 40.0 Å². The van der Waals surface area contributed by atoms with Crippen LogP contribution in [-0.4, -0.2) is 11.2 Å². The van der Waals surface area contributed by atoms with E-state index in [4.69, 9.17) is 0 Å². The van der Waals surface area contributed by atoms with E-state index in [-0.39, 0.29) is 6.10 Å². The third kappa shape index (κ3) is 6.11. The van der Waals surface area contributed by atoms with Crippen LogP contribution in [0.4, 0.5) is 0 Å². The van der Waals surface area contributed by atoms with Crippen LogP contribution in [0.15, 0.2) is 12.2 Å². The minimum absolute atomic E-state index is 0.258. The topological polar surface area (TPSA) is 20.2 Å². The molecule has 0 aliphatic heterocycles. The van der Waals surface area contributed by atoms with Crippen LogP contribution in [0.5, 0.6) is 0 Å². The van der Waals surface area contributed by atoms with Crippen molar-refractivity contribution in [3.8, 4) is 0 Å². The van der Waals surface area contributed by atoms with Crippen LogP contribution < -0.4 is 0 Å². The molecule has 0 spiro atoms. The lowest BCUT2D eigenvalue weighted by Crippen LogP contribution is -2.10. The van der Waals surface area contributed by atoms with Crippen molar-refractivity contribution in [3.05, 3.63) is 12.2 Å². The fourth-order valence-corrected chi connectivity index (χ4v) is 0.780. The van der Waals surface area contributed by atoms with Crippen molar-refractivity contribution in [2.75, 3.05) is 0 Å². The summed E-state index contributed by atoms with van der Waals surface area (Å²) in [6.45, 7) is 6.22. The maximum absolute atomic E-state index is 9.34. The van der Waals surface area contributed by atoms with Gasteiger partial charge in [0.15, 0.2) is 0 Å². The summed E-state index contributed by atoms with van der Waals surface area (Å²) in [5.74, 6) is 0.341. The van der Waals surface area contributed by atoms with Gasteiger partial charge in [-0.1, -0.05) is 45.8 Å². The Hall–Kier alpha value is -0.300. The Morgan fingerprint density at radius 3 is 2.45 bits per heavy atom. The first-order valence-corrected chi connectivity index (χ1v) is 4.53. The molecule has 0 unspecified atom stereocenters. The summed E-state index contributed by atoms with van der Waals surface area (Å²) in [5, 5.41) is 9.34. The maximum atomic E-state index is 9.34. The Bertz CT molecular complexity index is 105. The first-order chi connectivity index (χ1) is 5.18. The summed E-state index contributed by atoms with van der Waals surface area (Å²) in [6, 6.07) is 0. The normalized spacial score (nSPS) is 14.6. The fourth-order valence-electron chi connectivity index (χ4n) is 0.780. The van der Waals surface area contributed by atoms with Gasteiger partial charge in [-0.2, -0.15) is 0 Å². The third-order valence-electron chi connectivity index (χ3n) is 1.74. The van der Waals surface area contributed by atoms with E-state index in [0.717, 1.165) is 6.42 Å². The molecule has 0 aromatic heterocycles. The molecular formula is C10H20O. The lowest BCUT2D eigenvalue weighted by atomic mass is 10.1. The molecule has 0 heterocycles. The monoisotopic (exact) mass is 156 g/mol. The van der Waals surface area contributed by atoms with Crippen molar-refractivity contribution < 1.29 is 5.11 Å². The number of aliphatic hydroxyl groups excluding tert-OH is 1. The van der Waals surface area contributed by atoms with Gasteiger partial charge in [0, 0.05) is 0 Å². The SMILES string of the molecule is CCCCC=C[C@H](O)C(C)C. The van der Waals surface area contributed by atoms with E-state index < -0.39 is 0 Å². The maximum Gasteiger partial charge on any atom is 0.0743 e. The van der Waals surface area contributed by atoms with Gasteiger partial charge in [-0.05, 0) is 12.3 Å². The molecule has 0 saturated carbocycles. The average Bonchev–Trinajstić information content (AvgIpc) is 1.97. The molecule has 0 aliphatic rings. The van der Waals surface area contributed by atoms with Crippen molar-refractivity contribution in [1.29, 1.82) is 0 Å². The van der Waals surface area contributed by atoms with Crippen LogP contribution in [0, 0.1) is 5.92 Å². The highest BCUT2D eigenvalue weighted by Gasteiger charge is 2.02. The molecule has 11 heavy (non-hydrogen) atoms. The van der Waals surface area contributed by atoms with Crippen molar-refractivity contribution in [2.24, 2.45) is 5.92 Å². The predicted molar refractivity (Wildman–Crippen MR) is 49.5 cm³/mol. The Balaban J connectivity index is 3.40. The molecule has 1 nitrogen and oxygen atoms in total. The molecule has 0 fully saturated rings. The Morgan fingerprint density at radius 2 is 2.00 bits per heavy atom. The zero-order chi connectivity index (χ0) is 8.69. The average molecular weight is 156 g/mol. The first kappa shape index (κ1) is 10.7. The van der Waals surface area contributed by atoms with Crippen LogP contribution in [0.3, 0.4) is 0 Å². The quantitative estimate of drug-likeness (QED) is 0.479. The van der Waals surface area contributed by atoms with Gasteiger partial charge in [-0.25, -0.2) is 0 Å². The summed E-state index contributed by atoms with van der Waals surface area (Å²) in [7, 11) is 0. The predicted octanol–water partition coefficient (Wildman–Crippen LogP) is 2.75. The zero-order valence-corrected chi connectivity index (χ0v) is 7.88. The van der Waals surface area contributed by atoms with E-state index in [1.807, 2.05) is 19.9 Å². The number of rotatable bonds is 5. The van der Waals surface area contributed by atoms with Gasteiger partial charge in [0.25, 0.3) is 0 Å². The van der Waals surface area contributed by atoms with Crippen molar-refractivity contribution in [2.45, 2.75) is 46.1 Å². The van der Waals surface area contributed by atoms with Crippen LogP contribution in [-0.2, 0) is 0 Å². The molecular weight excluding hydrogens is 136 g/mol. The molecule has 0 saturated heterocycles. The molecule has 0 radical (unpaired) electrons. The molecule has 1 N–H and O–H groups in total. The molecule has 0 rings (SSSR count). The lowest BCUT2D eigenvalue weighted by Gasteiger charge is -2.08. The summed E-state index contributed by atoms with van der Waals surface area (Å²) in [4.78, 5) is 0. The Kier molecular flexibility index (Phi) is 6.24. The third-order valence-corrected chi connectivity index (χ3v) is 1.74. The Labute approximate surface area is 70.1 Å². The molecule has 1 atom stereocenters. The fraction of sp³-hybridized carbons (Fsp3) is 0.800. The molecule has 0 aromatic rings. The highest BCUT2D eigenvalue weighted by atomic mass is 16.3. The van der Waals surface area contributed by atoms with Gasteiger partial charge < -0.3 is 5.11 Å². The van der Waals surface area contributed by atoms with Crippen LogP contribution >= 0.6 is 0 Å². The second-order valence-electron chi connectivity index (χ2n) is 3.30. The lowest BCUT2D eigenvalue weighted by molar-refractivity contribution is 0.172. The standard InChI is InChI=1S/C10H20O/c1-4-5-6-7-8-10(11)9(2)3/h7-11H,4-6H2,1-3H3/t10-/m0/s1. The van der Waals surface area contributed by atoms with Crippen molar-refractivity contribution >= 4 is 0 Å². The molecule has 0 amide bonds. The van der Waals surface area contributed by atoms with E-state index in [0.29, 0.717) is 5.92 Å². The van der Waals surface area contributed by atoms with E-state index in [1.54, 1.807) is 0 Å². The van der Waals surface area contributed by atoms with E-state index >= 15 is 0 Å². The summed E-state index contributed by atoms with van der Waals surface area (Å²) in [5.41, 5.74) is 0. The molecule has 0 bridgehead atoms. The molecule has 1 heteroatoms. The zero-order valence-electron chi connectivity index (χ0n) is 7.88. The van der Waals surface area contributed by atoms with Gasteiger partial charge >= 0.3 is 0 Å². The van der Waals surface area contributed by atoms with E-state index in [9.17, 15) is 5.11 Å². The number of hydrogen-bond acceptors (Lipinski definition) is 1. The van der Waals surface area contributed by atoms with Gasteiger partial charge in [0.05, 0.1) is 6.10 Å². The minimum atomic E-state index is -0.258. The summed E-state index contributed by atoms with van der Waals surface area (Å²) >= 11 is 0. The second kappa shape index (κ2) is 6.41. The summed E-state index contributed by atoms with van der Waals surface area (Å²) in [6.07, 6.45) is 7.27. The van der Waals surface area contributed by atoms with Crippen LogP contribution in [0.2, 0.25) is 0 Å². The van der Waals surface area contributed by atoms with Crippen molar-refractivity contribution in [1.82, 2.24) is 0 Å². The molecule has 0 aromatic carbocycles. The smallest absolute Gasteiger partial charge is 0.0743 e. The highest BCUT2D eigenvalue weighted by Crippen LogP contribution is 2.03. The van der Waals surface area contributed by atoms with E-state index in [2.05, 4.69) is 13.0 Å². The summed E-state index contributed by atoms with van der Waals surface area (Å²) < 4.78 is 0. The van der Waals surface area contributed by atoms with Gasteiger partial charge in [0.2, 0.25) is 0 Å². The minimum Gasteiger partial charge on any atom is -0.389 e. The van der Waals surface area contributed by atoms with E-state index in [1.165, 1.54) is 12.8 Å². The largest absolute Gasteiger partial charge is 0.389 e. The highest BCUT2D eigenvalue weighted by molar-refractivity contribution is 4.89. The van der Waals surface area contributed by atoms with Gasteiger partial charge in [-0.15, -0.1) is 0 Å². The number of hydrogen-bond donors (Lipinski definition) is 1. The first-order valence-electron chi connectivity index (χ1n) is 4.53. The second-order valence-corrected chi connectivity index (χ2v) is 3.30. The molecule has 0 aliphatic carbocycles.